The Labute approximate surface area is 130 Å². The van der Waals surface area contributed by atoms with Crippen LogP contribution in [0.1, 0.15) is 52.0 Å². The Balaban J connectivity index is 2.10. The summed E-state index contributed by atoms with van der Waals surface area (Å²) in [6.07, 6.45) is 1.30. The highest BCUT2D eigenvalue weighted by atomic mass is 16.6. The number of hydrogen-bond acceptors (Lipinski definition) is 3. The lowest BCUT2D eigenvalue weighted by Gasteiger charge is -2.23. The number of carbonyl (C=O) groups excluding carboxylic acids is 1. The fraction of sp³-hybridized carbons (Fsp3) is 0.562. The first kappa shape index (κ1) is 16.2. The Morgan fingerprint density at radius 2 is 2.27 bits per heavy atom. The molecule has 1 saturated carbocycles. The maximum atomic E-state index is 12.0. The molecule has 1 aliphatic carbocycles. The molecule has 22 heavy (non-hydrogen) atoms. The number of benzene rings is 1. The second-order valence-electron chi connectivity index (χ2n) is 6.68. The summed E-state index contributed by atoms with van der Waals surface area (Å²) < 4.78 is 5.35. The molecule has 0 radical (unpaired) electrons. The van der Waals surface area contributed by atoms with Crippen molar-refractivity contribution in [1.82, 2.24) is 5.32 Å². The van der Waals surface area contributed by atoms with E-state index in [1.165, 1.54) is 0 Å². The maximum Gasteiger partial charge on any atom is 0.408 e. The van der Waals surface area contributed by atoms with Crippen LogP contribution in [0.2, 0.25) is 0 Å². The molecule has 1 aromatic rings. The predicted molar refractivity (Wildman–Crippen MR) is 85.0 cm³/mol. The first-order chi connectivity index (χ1) is 10.3. The molecule has 1 N–H and O–H groups in total. The van der Waals surface area contributed by atoms with Crippen molar-refractivity contribution in [1.29, 1.82) is 0 Å². The standard InChI is InChI=1S/C16H22N4O2/c1-5-16(18-14(21)22-15(2,3)4)10-13(16)11-7-6-8-12(9-11)19-20-17/h6-9,13H,5,10H2,1-4H3,(H,18,21)/t13-,16+/m0/s1. The van der Waals surface area contributed by atoms with Gasteiger partial charge in [0, 0.05) is 16.5 Å². The smallest absolute Gasteiger partial charge is 0.408 e. The van der Waals surface area contributed by atoms with Crippen molar-refractivity contribution in [3.8, 4) is 0 Å². The van der Waals surface area contributed by atoms with Gasteiger partial charge in [-0.05, 0) is 50.8 Å². The Kier molecular flexibility index (Phi) is 4.33. The van der Waals surface area contributed by atoms with Gasteiger partial charge in [-0.3, -0.25) is 0 Å². The summed E-state index contributed by atoms with van der Waals surface area (Å²) in [6, 6.07) is 7.50. The molecule has 2 atom stereocenters. The molecule has 1 amide bonds. The molecular formula is C16H22N4O2. The summed E-state index contributed by atoms with van der Waals surface area (Å²) in [4.78, 5) is 14.8. The molecule has 0 spiro atoms. The second kappa shape index (κ2) is 5.89. The molecule has 0 unspecified atom stereocenters. The lowest BCUT2D eigenvalue weighted by Crippen LogP contribution is -2.41. The Bertz CT molecular complexity index is 617. The molecule has 0 bridgehead atoms. The highest BCUT2D eigenvalue weighted by Crippen LogP contribution is 2.54. The van der Waals surface area contributed by atoms with Gasteiger partial charge < -0.3 is 10.1 Å². The zero-order valence-corrected chi connectivity index (χ0v) is 13.5. The fourth-order valence-corrected chi connectivity index (χ4v) is 2.72. The molecule has 0 aliphatic heterocycles. The monoisotopic (exact) mass is 302 g/mol. The van der Waals surface area contributed by atoms with Crippen molar-refractivity contribution in [2.45, 2.75) is 57.6 Å². The van der Waals surface area contributed by atoms with Gasteiger partial charge in [-0.15, -0.1) is 0 Å². The van der Waals surface area contributed by atoms with E-state index in [0.717, 1.165) is 18.4 Å². The van der Waals surface area contributed by atoms with Crippen LogP contribution in [0, 0.1) is 0 Å². The van der Waals surface area contributed by atoms with Crippen LogP contribution >= 0.6 is 0 Å². The van der Waals surface area contributed by atoms with E-state index in [1.54, 1.807) is 6.07 Å². The van der Waals surface area contributed by atoms with Crippen LogP contribution in [-0.2, 0) is 4.74 Å². The number of alkyl carbamates (subject to hydrolysis) is 1. The van der Waals surface area contributed by atoms with Gasteiger partial charge in [-0.2, -0.15) is 0 Å². The van der Waals surface area contributed by atoms with E-state index in [2.05, 4.69) is 22.3 Å². The largest absolute Gasteiger partial charge is 0.444 e. The van der Waals surface area contributed by atoms with Gasteiger partial charge in [0.2, 0.25) is 0 Å². The number of azide groups is 1. The quantitative estimate of drug-likeness (QED) is 0.492. The van der Waals surface area contributed by atoms with Crippen molar-refractivity contribution < 1.29 is 9.53 Å². The molecule has 1 aromatic carbocycles. The summed E-state index contributed by atoms with van der Waals surface area (Å²) >= 11 is 0. The molecule has 6 heteroatoms. The molecule has 2 rings (SSSR count). The lowest BCUT2D eigenvalue weighted by molar-refractivity contribution is 0.0493. The second-order valence-corrected chi connectivity index (χ2v) is 6.68. The van der Waals surface area contributed by atoms with E-state index < -0.39 is 5.60 Å². The third-order valence-electron chi connectivity index (χ3n) is 3.89. The zero-order chi connectivity index (χ0) is 16.4. The fourth-order valence-electron chi connectivity index (χ4n) is 2.72. The number of rotatable bonds is 4. The van der Waals surface area contributed by atoms with Crippen LogP contribution in [0.15, 0.2) is 29.4 Å². The van der Waals surface area contributed by atoms with Crippen LogP contribution in [0.4, 0.5) is 10.5 Å². The van der Waals surface area contributed by atoms with E-state index in [4.69, 9.17) is 10.3 Å². The summed E-state index contributed by atoms with van der Waals surface area (Å²) in [5.74, 6) is 0.221. The molecule has 1 aliphatic rings. The van der Waals surface area contributed by atoms with Gasteiger partial charge in [0.15, 0.2) is 0 Å². The van der Waals surface area contributed by atoms with Gasteiger partial charge in [0.05, 0.1) is 5.54 Å². The van der Waals surface area contributed by atoms with Crippen LogP contribution < -0.4 is 5.32 Å². The van der Waals surface area contributed by atoms with Crippen LogP contribution in [0.5, 0.6) is 0 Å². The third-order valence-corrected chi connectivity index (χ3v) is 3.89. The van der Waals surface area contributed by atoms with Gasteiger partial charge in [-0.1, -0.05) is 30.2 Å². The van der Waals surface area contributed by atoms with Crippen molar-refractivity contribution in [3.05, 3.63) is 40.3 Å². The highest BCUT2D eigenvalue weighted by molar-refractivity contribution is 5.70. The molecule has 0 heterocycles. The van der Waals surface area contributed by atoms with E-state index in [0.29, 0.717) is 5.69 Å². The van der Waals surface area contributed by atoms with Crippen LogP contribution in [0.25, 0.3) is 10.4 Å². The van der Waals surface area contributed by atoms with Crippen molar-refractivity contribution in [2.24, 2.45) is 5.11 Å². The van der Waals surface area contributed by atoms with Gasteiger partial charge in [-0.25, -0.2) is 4.79 Å². The molecule has 1 fully saturated rings. The molecule has 118 valence electrons. The number of amides is 1. The average Bonchev–Trinajstić information content (AvgIpc) is 3.12. The Morgan fingerprint density at radius 1 is 1.55 bits per heavy atom. The number of ether oxygens (including phenoxy) is 1. The summed E-state index contributed by atoms with van der Waals surface area (Å²) in [5.41, 5.74) is 9.41. The minimum absolute atomic E-state index is 0.221. The number of nitrogens with zero attached hydrogens (tertiary/aromatic N) is 3. The average molecular weight is 302 g/mol. The molecule has 0 aromatic heterocycles. The Morgan fingerprint density at radius 3 is 2.86 bits per heavy atom. The highest BCUT2D eigenvalue weighted by Gasteiger charge is 2.55. The summed E-state index contributed by atoms with van der Waals surface area (Å²) in [7, 11) is 0. The lowest BCUT2D eigenvalue weighted by atomic mass is 10.0. The zero-order valence-electron chi connectivity index (χ0n) is 13.5. The molecule has 0 saturated heterocycles. The summed E-state index contributed by atoms with van der Waals surface area (Å²) in [5, 5.41) is 6.64. The van der Waals surface area contributed by atoms with E-state index in [-0.39, 0.29) is 17.6 Å². The Hall–Kier alpha value is -2.20. The number of hydrogen-bond donors (Lipinski definition) is 1. The molecular weight excluding hydrogens is 280 g/mol. The van der Waals surface area contributed by atoms with Gasteiger partial charge in [0.1, 0.15) is 5.60 Å². The van der Waals surface area contributed by atoms with Gasteiger partial charge in [0.25, 0.3) is 0 Å². The normalized spacial score (nSPS) is 23.4. The third kappa shape index (κ3) is 3.71. The van der Waals surface area contributed by atoms with Gasteiger partial charge >= 0.3 is 6.09 Å². The van der Waals surface area contributed by atoms with Crippen molar-refractivity contribution in [3.63, 3.8) is 0 Å². The van der Waals surface area contributed by atoms with Crippen molar-refractivity contribution in [2.75, 3.05) is 0 Å². The van der Waals surface area contributed by atoms with Crippen LogP contribution in [0.3, 0.4) is 0 Å². The van der Waals surface area contributed by atoms with Crippen molar-refractivity contribution >= 4 is 11.8 Å². The van der Waals surface area contributed by atoms with E-state index in [9.17, 15) is 4.79 Å². The molecule has 6 nitrogen and oxygen atoms in total. The minimum Gasteiger partial charge on any atom is -0.444 e. The van der Waals surface area contributed by atoms with E-state index in [1.807, 2.05) is 39.0 Å². The predicted octanol–water partition coefficient (Wildman–Crippen LogP) is 4.79. The number of nitrogens with one attached hydrogen (secondary N) is 1. The number of carbonyl (C=O) groups is 1. The topological polar surface area (TPSA) is 87.1 Å². The summed E-state index contributed by atoms with van der Waals surface area (Å²) in [6.45, 7) is 7.59. The SMILES string of the molecule is CC[C@@]1(NC(=O)OC(C)(C)C)C[C@H]1c1cccc(N=[N+]=[N-])c1. The first-order valence-electron chi connectivity index (χ1n) is 7.46. The minimum atomic E-state index is -0.509. The maximum absolute atomic E-state index is 12.0. The van der Waals surface area contributed by atoms with E-state index >= 15 is 0 Å². The van der Waals surface area contributed by atoms with Crippen LogP contribution in [-0.4, -0.2) is 17.2 Å². The first-order valence-corrected chi connectivity index (χ1v) is 7.46.